The molecular formula is C25H27NO4S. The van der Waals surface area contributed by atoms with Crippen molar-refractivity contribution in [3.05, 3.63) is 69.6 Å². The molecule has 0 aliphatic carbocycles. The highest BCUT2D eigenvalue weighted by Crippen LogP contribution is 2.36. The monoisotopic (exact) mass is 437 g/mol. The maximum atomic E-state index is 12.7. The largest absolute Gasteiger partial charge is 0.483 e. The molecule has 5 nitrogen and oxygen atoms in total. The number of thiophene rings is 1. The Hall–Kier alpha value is -3.12. The first-order chi connectivity index (χ1) is 14.8. The number of anilines is 1. The number of amides is 1. The first kappa shape index (κ1) is 22.6. The molecule has 0 unspecified atom stereocenters. The molecule has 1 heterocycles. The summed E-state index contributed by atoms with van der Waals surface area (Å²) in [6.07, 6.45) is 0. The lowest BCUT2D eigenvalue weighted by atomic mass is 10.0. The van der Waals surface area contributed by atoms with Gasteiger partial charge in [-0.3, -0.25) is 4.79 Å². The second kappa shape index (κ2) is 9.79. The van der Waals surface area contributed by atoms with Crippen LogP contribution in [0.4, 0.5) is 5.00 Å². The van der Waals surface area contributed by atoms with Gasteiger partial charge in [-0.15, -0.1) is 11.3 Å². The van der Waals surface area contributed by atoms with E-state index in [4.69, 9.17) is 9.47 Å². The molecule has 0 fully saturated rings. The maximum absolute atomic E-state index is 12.7. The molecular weight excluding hydrogens is 410 g/mol. The van der Waals surface area contributed by atoms with Crippen LogP contribution in [0.15, 0.2) is 41.8 Å². The molecule has 1 aromatic heterocycles. The van der Waals surface area contributed by atoms with E-state index in [1.165, 1.54) is 11.3 Å². The van der Waals surface area contributed by atoms with Gasteiger partial charge in [0.05, 0.1) is 6.61 Å². The Morgan fingerprint density at radius 2 is 1.71 bits per heavy atom. The fourth-order valence-corrected chi connectivity index (χ4v) is 4.23. The van der Waals surface area contributed by atoms with Crippen LogP contribution in [0.2, 0.25) is 0 Å². The minimum atomic E-state index is -0.458. The Balaban J connectivity index is 1.81. The molecule has 0 aliphatic heterocycles. The zero-order chi connectivity index (χ0) is 22.5. The average molecular weight is 438 g/mol. The minimum absolute atomic E-state index is 0.149. The third kappa shape index (κ3) is 5.33. The van der Waals surface area contributed by atoms with Crippen molar-refractivity contribution < 1.29 is 19.1 Å². The Morgan fingerprint density at radius 1 is 1.00 bits per heavy atom. The summed E-state index contributed by atoms with van der Waals surface area (Å²) in [5, 5.41) is 5.14. The molecule has 162 valence electrons. The van der Waals surface area contributed by atoms with Crippen LogP contribution in [0.3, 0.4) is 0 Å². The van der Waals surface area contributed by atoms with Gasteiger partial charge in [0, 0.05) is 10.9 Å². The maximum Gasteiger partial charge on any atom is 0.341 e. The molecule has 0 saturated heterocycles. The van der Waals surface area contributed by atoms with E-state index in [0.29, 0.717) is 16.3 Å². The van der Waals surface area contributed by atoms with Crippen molar-refractivity contribution in [2.75, 3.05) is 18.5 Å². The van der Waals surface area contributed by atoms with E-state index in [0.717, 1.165) is 33.4 Å². The summed E-state index contributed by atoms with van der Waals surface area (Å²) in [4.78, 5) is 25.3. The van der Waals surface area contributed by atoms with Crippen LogP contribution in [0.5, 0.6) is 5.75 Å². The van der Waals surface area contributed by atoms with Crippen LogP contribution < -0.4 is 10.1 Å². The van der Waals surface area contributed by atoms with Gasteiger partial charge in [-0.2, -0.15) is 0 Å². The summed E-state index contributed by atoms with van der Waals surface area (Å²) in [5.74, 6) is -0.105. The van der Waals surface area contributed by atoms with Gasteiger partial charge in [-0.05, 0) is 62.9 Å². The summed E-state index contributed by atoms with van der Waals surface area (Å²) in [6.45, 7) is 9.84. The topological polar surface area (TPSA) is 64.6 Å². The Bertz CT molecular complexity index is 1100. The number of carbonyl (C=O) groups excluding carboxylic acids is 2. The molecule has 3 rings (SSSR count). The minimum Gasteiger partial charge on any atom is -0.483 e. The highest BCUT2D eigenvalue weighted by Gasteiger charge is 2.23. The fourth-order valence-electron chi connectivity index (χ4n) is 3.26. The predicted octanol–water partition coefficient (Wildman–Crippen LogP) is 5.84. The molecule has 6 heteroatoms. The fraction of sp³-hybridized carbons (Fsp3) is 0.280. The van der Waals surface area contributed by atoms with E-state index in [2.05, 4.69) is 11.4 Å². The Kier molecular flexibility index (Phi) is 7.13. The molecule has 0 spiro atoms. The number of aryl methyl sites for hydroxylation is 3. The molecule has 0 atom stereocenters. The van der Waals surface area contributed by atoms with Crippen LogP contribution in [0, 0.1) is 27.7 Å². The van der Waals surface area contributed by atoms with Crippen molar-refractivity contribution in [1.82, 2.24) is 0 Å². The van der Waals surface area contributed by atoms with Crippen molar-refractivity contribution in [2.24, 2.45) is 0 Å². The van der Waals surface area contributed by atoms with Gasteiger partial charge < -0.3 is 14.8 Å². The lowest BCUT2D eigenvalue weighted by Gasteiger charge is -2.13. The highest BCUT2D eigenvalue weighted by molar-refractivity contribution is 7.15. The van der Waals surface area contributed by atoms with Crippen molar-refractivity contribution in [1.29, 1.82) is 0 Å². The number of benzene rings is 2. The molecule has 0 radical (unpaired) electrons. The third-order valence-electron chi connectivity index (χ3n) is 5.01. The van der Waals surface area contributed by atoms with E-state index in [1.807, 2.05) is 63.4 Å². The SMILES string of the molecule is CCOC(=O)c1c(-c2ccc(C)cc2)csc1NC(=O)COc1cc(C)cc(C)c1C. The van der Waals surface area contributed by atoms with Crippen LogP contribution in [0.25, 0.3) is 11.1 Å². The smallest absolute Gasteiger partial charge is 0.341 e. The van der Waals surface area contributed by atoms with Crippen molar-refractivity contribution in [2.45, 2.75) is 34.6 Å². The predicted molar refractivity (Wildman–Crippen MR) is 125 cm³/mol. The van der Waals surface area contributed by atoms with Gasteiger partial charge in [0.15, 0.2) is 6.61 Å². The molecule has 0 bridgehead atoms. The number of rotatable bonds is 7. The number of hydrogen-bond acceptors (Lipinski definition) is 5. The van der Waals surface area contributed by atoms with Crippen molar-refractivity contribution in [3.63, 3.8) is 0 Å². The molecule has 1 amide bonds. The number of nitrogens with one attached hydrogen (secondary N) is 1. The van der Waals surface area contributed by atoms with E-state index in [-0.39, 0.29) is 19.1 Å². The summed E-state index contributed by atoms with van der Waals surface area (Å²) in [6, 6.07) is 11.9. The molecule has 0 aliphatic rings. The number of esters is 1. The summed E-state index contributed by atoms with van der Waals surface area (Å²) in [5.41, 5.74) is 6.32. The molecule has 3 aromatic rings. The van der Waals surface area contributed by atoms with Gasteiger partial charge in [0.1, 0.15) is 16.3 Å². The van der Waals surface area contributed by atoms with Crippen molar-refractivity contribution in [3.8, 4) is 16.9 Å². The highest BCUT2D eigenvalue weighted by atomic mass is 32.1. The van der Waals surface area contributed by atoms with E-state index >= 15 is 0 Å². The number of ether oxygens (including phenoxy) is 2. The van der Waals surface area contributed by atoms with Crippen LogP contribution in [0.1, 0.15) is 39.5 Å². The zero-order valence-electron chi connectivity index (χ0n) is 18.5. The van der Waals surface area contributed by atoms with Crippen LogP contribution in [-0.2, 0) is 9.53 Å². The third-order valence-corrected chi connectivity index (χ3v) is 5.90. The normalized spacial score (nSPS) is 10.6. The summed E-state index contributed by atoms with van der Waals surface area (Å²) >= 11 is 1.30. The first-order valence-corrected chi connectivity index (χ1v) is 11.0. The van der Waals surface area contributed by atoms with Gasteiger partial charge >= 0.3 is 5.97 Å². The summed E-state index contributed by atoms with van der Waals surface area (Å²) in [7, 11) is 0. The molecule has 2 aromatic carbocycles. The zero-order valence-corrected chi connectivity index (χ0v) is 19.3. The lowest BCUT2D eigenvalue weighted by molar-refractivity contribution is -0.118. The van der Waals surface area contributed by atoms with E-state index in [9.17, 15) is 9.59 Å². The second-order valence-corrected chi connectivity index (χ2v) is 8.36. The molecule has 0 saturated carbocycles. The number of carbonyl (C=O) groups is 2. The van der Waals surface area contributed by atoms with Gasteiger partial charge in [-0.25, -0.2) is 4.79 Å². The number of hydrogen-bond donors (Lipinski definition) is 1. The first-order valence-electron chi connectivity index (χ1n) is 10.2. The van der Waals surface area contributed by atoms with Gasteiger partial charge in [-0.1, -0.05) is 35.9 Å². The Morgan fingerprint density at radius 3 is 2.39 bits per heavy atom. The van der Waals surface area contributed by atoms with E-state index in [1.54, 1.807) is 6.92 Å². The lowest BCUT2D eigenvalue weighted by Crippen LogP contribution is -2.21. The van der Waals surface area contributed by atoms with Crippen LogP contribution in [-0.4, -0.2) is 25.1 Å². The van der Waals surface area contributed by atoms with E-state index < -0.39 is 5.97 Å². The van der Waals surface area contributed by atoms with Crippen LogP contribution >= 0.6 is 11.3 Å². The standard InChI is InChI=1S/C25H27NO4S/c1-6-29-25(28)23-20(19-9-7-15(2)8-10-19)14-31-24(23)26-22(27)13-30-21-12-16(3)11-17(4)18(21)5/h7-12,14H,6,13H2,1-5H3,(H,26,27). The molecule has 1 N–H and O–H groups in total. The Labute approximate surface area is 187 Å². The summed E-state index contributed by atoms with van der Waals surface area (Å²) < 4.78 is 11.0. The molecule has 31 heavy (non-hydrogen) atoms. The quantitative estimate of drug-likeness (QED) is 0.472. The van der Waals surface area contributed by atoms with Crippen molar-refractivity contribution >= 4 is 28.2 Å². The van der Waals surface area contributed by atoms with Gasteiger partial charge in [0.25, 0.3) is 5.91 Å². The second-order valence-electron chi connectivity index (χ2n) is 7.48. The van der Waals surface area contributed by atoms with Gasteiger partial charge in [0.2, 0.25) is 0 Å². The average Bonchev–Trinajstić information content (AvgIpc) is 3.13.